The number of nitriles is 1. The minimum absolute atomic E-state index is 0.351. The van der Waals surface area contributed by atoms with Crippen LogP contribution < -0.4 is 0 Å². The lowest BCUT2D eigenvalue weighted by Gasteiger charge is -2.31. The highest BCUT2D eigenvalue weighted by atomic mass is 16.3. The van der Waals surface area contributed by atoms with Crippen molar-refractivity contribution >= 4 is 11.1 Å². The van der Waals surface area contributed by atoms with Gasteiger partial charge in [0, 0.05) is 19.0 Å². The van der Waals surface area contributed by atoms with Gasteiger partial charge in [0.25, 0.3) is 0 Å². The topological polar surface area (TPSA) is 53.1 Å². The van der Waals surface area contributed by atoms with Crippen LogP contribution in [0.2, 0.25) is 0 Å². The summed E-state index contributed by atoms with van der Waals surface area (Å²) < 4.78 is 5.96. The fourth-order valence-electron chi connectivity index (χ4n) is 3.41. The summed E-state index contributed by atoms with van der Waals surface area (Å²) >= 11 is 0. The van der Waals surface area contributed by atoms with E-state index in [0.717, 1.165) is 49.5 Å². The van der Waals surface area contributed by atoms with Crippen molar-refractivity contribution in [3.8, 4) is 6.07 Å². The number of fused-ring (bicyclic) bond motifs is 1. The zero-order valence-electron chi connectivity index (χ0n) is 13.5. The molecule has 0 N–H and O–H groups in total. The van der Waals surface area contributed by atoms with Gasteiger partial charge in [0.05, 0.1) is 11.6 Å². The number of nitrogens with zero attached hydrogens (tertiary/aromatic N) is 3. The van der Waals surface area contributed by atoms with Crippen molar-refractivity contribution in [2.75, 3.05) is 13.1 Å². The summed E-state index contributed by atoms with van der Waals surface area (Å²) in [5, 5.41) is 8.89. The second-order valence-electron chi connectivity index (χ2n) is 6.40. The number of likely N-dealkylation sites (tertiary alicyclic amines) is 1. The maximum absolute atomic E-state index is 8.89. The first-order valence-corrected chi connectivity index (χ1v) is 8.39. The quantitative estimate of drug-likeness (QED) is 0.730. The highest BCUT2D eigenvalue weighted by Crippen LogP contribution is 2.29. The average Bonchev–Trinajstić information content (AvgIpc) is 3.07. The van der Waals surface area contributed by atoms with Gasteiger partial charge in [-0.25, -0.2) is 4.98 Å². The van der Waals surface area contributed by atoms with Crippen LogP contribution in [0.3, 0.4) is 0 Å². The van der Waals surface area contributed by atoms with E-state index >= 15 is 0 Å². The third-order valence-corrected chi connectivity index (χ3v) is 4.65. The van der Waals surface area contributed by atoms with E-state index in [1.807, 2.05) is 48.5 Å². The lowest BCUT2D eigenvalue weighted by atomic mass is 9.97. The van der Waals surface area contributed by atoms with E-state index in [1.165, 1.54) is 5.56 Å². The summed E-state index contributed by atoms with van der Waals surface area (Å²) in [5.74, 6) is 1.21. The maximum Gasteiger partial charge on any atom is 0.199 e. The van der Waals surface area contributed by atoms with Crippen LogP contribution in [0.15, 0.2) is 52.9 Å². The molecule has 0 aliphatic carbocycles. The SMILES string of the molecule is N#Cc1ccc(CN2CCC[C@@H](c3nc4ccccc4o3)C2)cc1. The van der Waals surface area contributed by atoms with Gasteiger partial charge >= 0.3 is 0 Å². The third-order valence-electron chi connectivity index (χ3n) is 4.65. The fourth-order valence-corrected chi connectivity index (χ4v) is 3.41. The molecule has 4 rings (SSSR count). The molecule has 0 amide bonds. The van der Waals surface area contributed by atoms with Gasteiger partial charge in [0.15, 0.2) is 11.5 Å². The Bertz CT molecular complexity index is 843. The second-order valence-corrected chi connectivity index (χ2v) is 6.40. The van der Waals surface area contributed by atoms with Crippen molar-refractivity contribution in [1.82, 2.24) is 9.88 Å². The van der Waals surface area contributed by atoms with E-state index in [4.69, 9.17) is 9.68 Å². The number of rotatable bonds is 3. The Balaban J connectivity index is 1.47. The maximum atomic E-state index is 8.89. The molecule has 120 valence electrons. The van der Waals surface area contributed by atoms with Crippen LogP contribution in [0.25, 0.3) is 11.1 Å². The van der Waals surface area contributed by atoms with Gasteiger partial charge in [0.1, 0.15) is 5.52 Å². The van der Waals surface area contributed by atoms with Crippen LogP contribution in [0.4, 0.5) is 0 Å². The van der Waals surface area contributed by atoms with Gasteiger partial charge in [-0.3, -0.25) is 4.90 Å². The number of para-hydroxylation sites is 2. The minimum atomic E-state index is 0.351. The molecule has 0 bridgehead atoms. The number of aromatic nitrogens is 1. The molecule has 0 unspecified atom stereocenters. The molecule has 1 fully saturated rings. The smallest absolute Gasteiger partial charge is 0.199 e. The summed E-state index contributed by atoms with van der Waals surface area (Å²) in [4.78, 5) is 7.12. The first kappa shape index (κ1) is 14.9. The molecule has 2 aromatic carbocycles. The summed E-state index contributed by atoms with van der Waals surface area (Å²) in [6.45, 7) is 2.96. The second kappa shape index (κ2) is 6.46. The Kier molecular flexibility index (Phi) is 4.02. The van der Waals surface area contributed by atoms with Crippen molar-refractivity contribution in [3.63, 3.8) is 0 Å². The third kappa shape index (κ3) is 3.04. The Hall–Kier alpha value is -2.64. The summed E-state index contributed by atoms with van der Waals surface area (Å²) in [7, 11) is 0. The fraction of sp³-hybridized carbons (Fsp3) is 0.300. The highest BCUT2D eigenvalue weighted by molar-refractivity contribution is 5.72. The summed E-state index contributed by atoms with van der Waals surface area (Å²) in [6.07, 6.45) is 2.27. The summed E-state index contributed by atoms with van der Waals surface area (Å²) in [5.41, 5.74) is 3.77. The van der Waals surface area contributed by atoms with Crippen molar-refractivity contribution in [2.24, 2.45) is 0 Å². The van der Waals surface area contributed by atoms with Crippen LogP contribution in [0.1, 0.15) is 35.8 Å². The molecule has 0 radical (unpaired) electrons. The Morgan fingerprint density at radius 3 is 2.79 bits per heavy atom. The van der Waals surface area contributed by atoms with E-state index in [-0.39, 0.29) is 0 Å². The number of piperidine rings is 1. The Morgan fingerprint density at radius 1 is 1.17 bits per heavy atom. The molecule has 3 aromatic rings. The average molecular weight is 317 g/mol. The van der Waals surface area contributed by atoms with Crippen LogP contribution in [0, 0.1) is 11.3 Å². The van der Waals surface area contributed by atoms with Gasteiger partial charge in [0.2, 0.25) is 0 Å². The number of hydrogen-bond acceptors (Lipinski definition) is 4. The lowest BCUT2D eigenvalue weighted by molar-refractivity contribution is 0.187. The van der Waals surface area contributed by atoms with Crippen LogP contribution in [-0.2, 0) is 6.54 Å². The first-order valence-electron chi connectivity index (χ1n) is 8.39. The number of oxazole rings is 1. The van der Waals surface area contributed by atoms with Gasteiger partial charge in [-0.15, -0.1) is 0 Å². The van der Waals surface area contributed by atoms with Gasteiger partial charge in [-0.05, 0) is 49.2 Å². The Morgan fingerprint density at radius 2 is 2.00 bits per heavy atom. The van der Waals surface area contributed by atoms with Crippen molar-refractivity contribution < 1.29 is 4.42 Å². The molecule has 0 spiro atoms. The van der Waals surface area contributed by atoms with Crippen LogP contribution >= 0.6 is 0 Å². The summed E-state index contributed by atoms with van der Waals surface area (Å²) in [6, 6.07) is 18.0. The van der Waals surface area contributed by atoms with E-state index in [2.05, 4.69) is 16.0 Å². The van der Waals surface area contributed by atoms with Crippen LogP contribution in [-0.4, -0.2) is 23.0 Å². The molecule has 1 atom stereocenters. The van der Waals surface area contributed by atoms with E-state index < -0.39 is 0 Å². The molecule has 1 saturated heterocycles. The highest BCUT2D eigenvalue weighted by Gasteiger charge is 2.25. The van der Waals surface area contributed by atoms with Crippen molar-refractivity contribution in [1.29, 1.82) is 5.26 Å². The normalized spacial score (nSPS) is 18.5. The number of hydrogen-bond donors (Lipinski definition) is 0. The monoisotopic (exact) mass is 317 g/mol. The zero-order valence-corrected chi connectivity index (χ0v) is 13.5. The molecule has 1 aliphatic heterocycles. The minimum Gasteiger partial charge on any atom is -0.440 e. The molecule has 2 heterocycles. The van der Waals surface area contributed by atoms with Gasteiger partial charge < -0.3 is 4.42 Å². The molecule has 1 aliphatic rings. The van der Waals surface area contributed by atoms with Crippen LogP contribution in [0.5, 0.6) is 0 Å². The Labute approximate surface area is 141 Å². The van der Waals surface area contributed by atoms with Gasteiger partial charge in [-0.2, -0.15) is 5.26 Å². The molecular weight excluding hydrogens is 298 g/mol. The van der Waals surface area contributed by atoms with Crippen molar-refractivity contribution in [2.45, 2.75) is 25.3 Å². The van der Waals surface area contributed by atoms with E-state index in [1.54, 1.807) is 0 Å². The predicted molar refractivity (Wildman–Crippen MR) is 92.4 cm³/mol. The molecule has 4 nitrogen and oxygen atoms in total. The molecule has 4 heteroatoms. The number of benzene rings is 2. The first-order chi connectivity index (χ1) is 11.8. The lowest BCUT2D eigenvalue weighted by Crippen LogP contribution is -2.34. The van der Waals surface area contributed by atoms with Crippen molar-refractivity contribution in [3.05, 3.63) is 65.5 Å². The molecule has 1 aromatic heterocycles. The van der Waals surface area contributed by atoms with E-state index in [0.29, 0.717) is 11.5 Å². The molecule has 24 heavy (non-hydrogen) atoms. The predicted octanol–water partition coefficient (Wildman–Crippen LogP) is 4.08. The standard InChI is InChI=1S/C20H19N3O/c21-12-15-7-9-16(10-8-15)13-23-11-3-4-17(14-23)20-22-18-5-1-2-6-19(18)24-20/h1-2,5-10,17H,3-4,11,13-14H2/t17-/m1/s1. The zero-order chi connectivity index (χ0) is 16.4. The molecule has 0 saturated carbocycles. The molecular formula is C20H19N3O. The van der Waals surface area contributed by atoms with Gasteiger partial charge in [-0.1, -0.05) is 24.3 Å². The van der Waals surface area contributed by atoms with E-state index in [9.17, 15) is 0 Å². The largest absolute Gasteiger partial charge is 0.440 e.